The number of hydrogen-bond donors (Lipinski definition) is 2. The molecule has 31 heavy (non-hydrogen) atoms. The normalized spacial score (nSPS) is 13.1. The summed E-state index contributed by atoms with van der Waals surface area (Å²) in [6.07, 6.45) is 0.266. The van der Waals surface area contributed by atoms with Crippen molar-refractivity contribution >= 4 is 20.4 Å². The van der Waals surface area contributed by atoms with Crippen molar-refractivity contribution in [3.8, 4) is 0 Å². The van der Waals surface area contributed by atoms with Crippen LogP contribution in [-0.4, -0.2) is 49.9 Å². The molecule has 9 heteroatoms. The average Bonchev–Trinajstić information content (AvgIpc) is 3.17. The Bertz CT molecular complexity index is 846. The number of nitrogens with one attached hydrogen (secondary N) is 1. The number of hydrogen-bond acceptors (Lipinski definition) is 6. The van der Waals surface area contributed by atoms with Crippen LogP contribution in [-0.2, 0) is 17.3 Å². The summed E-state index contributed by atoms with van der Waals surface area (Å²) in [6, 6.07) is 7.84. The maximum absolute atomic E-state index is 11.3. The lowest BCUT2D eigenvalue weighted by atomic mass is 10.0. The summed E-state index contributed by atoms with van der Waals surface area (Å²) in [5, 5.41) is 15.9. The minimum absolute atomic E-state index is 0.147. The van der Waals surface area contributed by atoms with Gasteiger partial charge in [-0.2, -0.15) is 4.98 Å². The molecular formula is C22H36N4O4Si. The van der Waals surface area contributed by atoms with Gasteiger partial charge in [0.2, 0.25) is 0 Å². The quantitative estimate of drug-likeness (QED) is 0.511. The number of aromatic nitrogens is 2. The highest BCUT2D eigenvalue weighted by atomic mass is 28.4. The molecular weight excluding hydrogens is 412 g/mol. The Hall–Kier alpha value is -2.39. The first-order valence-corrected chi connectivity index (χ1v) is 13.6. The Labute approximate surface area is 186 Å². The molecule has 2 N–H and O–H groups in total. The molecule has 0 radical (unpaired) electrons. The number of aryl methyl sites for hydroxylation is 1. The van der Waals surface area contributed by atoms with Gasteiger partial charge in [-0.25, -0.2) is 4.79 Å². The van der Waals surface area contributed by atoms with Crippen LogP contribution in [0.3, 0.4) is 0 Å². The summed E-state index contributed by atoms with van der Waals surface area (Å²) < 4.78 is 11.6. The van der Waals surface area contributed by atoms with Gasteiger partial charge >= 0.3 is 12.1 Å². The molecule has 0 aliphatic carbocycles. The van der Waals surface area contributed by atoms with Crippen molar-refractivity contribution in [3.05, 3.63) is 41.2 Å². The monoisotopic (exact) mass is 448 g/mol. The van der Waals surface area contributed by atoms with E-state index < -0.39 is 20.5 Å². The first-order valence-electron chi connectivity index (χ1n) is 10.7. The van der Waals surface area contributed by atoms with Gasteiger partial charge in [-0.05, 0) is 35.7 Å². The summed E-state index contributed by atoms with van der Waals surface area (Å²) >= 11 is 0. The highest BCUT2D eigenvalue weighted by Gasteiger charge is 2.37. The molecule has 1 aromatic carbocycles. The zero-order chi connectivity index (χ0) is 23.2. The summed E-state index contributed by atoms with van der Waals surface area (Å²) in [5.41, 5.74) is 2.23. The minimum Gasteiger partial charge on any atom is -0.465 e. The number of anilines is 1. The van der Waals surface area contributed by atoms with E-state index >= 15 is 0 Å². The molecule has 172 valence electrons. The van der Waals surface area contributed by atoms with Crippen molar-refractivity contribution < 1.29 is 18.9 Å². The fourth-order valence-corrected chi connectivity index (χ4v) is 3.81. The third-order valence-electron chi connectivity index (χ3n) is 5.93. The van der Waals surface area contributed by atoms with Crippen molar-refractivity contribution in [3.63, 3.8) is 0 Å². The number of benzene rings is 1. The Kier molecular flexibility index (Phi) is 8.25. The molecule has 0 saturated heterocycles. The first kappa shape index (κ1) is 24.9. The summed E-state index contributed by atoms with van der Waals surface area (Å²) in [4.78, 5) is 17.6. The maximum atomic E-state index is 11.3. The SMILES string of the molecule is CCc1ccc(C[C@H](NC(=O)O)c2noc(N(C)CCO[Si](C)(C)C(C)(C)C)n2)cc1. The van der Waals surface area contributed by atoms with Gasteiger partial charge in [-0.15, -0.1) is 0 Å². The largest absolute Gasteiger partial charge is 0.465 e. The number of likely N-dealkylation sites (N-methyl/N-ethyl adjacent to an activating group) is 1. The van der Waals surface area contributed by atoms with Crippen LogP contribution in [0, 0.1) is 0 Å². The molecule has 0 aliphatic heterocycles. The Morgan fingerprint density at radius 2 is 1.87 bits per heavy atom. The van der Waals surface area contributed by atoms with E-state index in [9.17, 15) is 9.90 Å². The molecule has 2 rings (SSSR count). The number of carbonyl (C=O) groups is 1. The standard InChI is InChI=1S/C22H36N4O4Si/c1-8-16-9-11-17(12-10-16)15-18(23-21(27)28)19-24-20(30-25-19)26(5)13-14-29-31(6,7)22(2,3)4/h9-12,18,23H,8,13-15H2,1-7H3,(H,27,28)/t18-/m0/s1. The summed E-state index contributed by atoms with van der Waals surface area (Å²) in [6.45, 7) is 14.3. The zero-order valence-corrected chi connectivity index (χ0v) is 20.7. The van der Waals surface area contributed by atoms with Gasteiger partial charge in [0.05, 0.1) is 12.6 Å². The van der Waals surface area contributed by atoms with E-state index in [1.165, 1.54) is 5.56 Å². The van der Waals surface area contributed by atoms with Gasteiger partial charge < -0.3 is 24.3 Å². The van der Waals surface area contributed by atoms with Gasteiger partial charge in [0.15, 0.2) is 14.1 Å². The first-order chi connectivity index (χ1) is 14.4. The van der Waals surface area contributed by atoms with Crippen LogP contribution in [0.2, 0.25) is 18.1 Å². The van der Waals surface area contributed by atoms with Crippen LogP contribution in [0.4, 0.5) is 10.8 Å². The van der Waals surface area contributed by atoms with E-state index in [0.717, 1.165) is 12.0 Å². The minimum atomic E-state index is -1.82. The number of amides is 1. The molecule has 0 bridgehead atoms. The molecule has 1 heterocycles. The van der Waals surface area contributed by atoms with Crippen LogP contribution < -0.4 is 10.2 Å². The van der Waals surface area contributed by atoms with Gasteiger partial charge in [0.25, 0.3) is 0 Å². The van der Waals surface area contributed by atoms with E-state index in [1.54, 1.807) is 0 Å². The van der Waals surface area contributed by atoms with Crippen molar-refractivity contribution in [2.45, 2.75) is 64.7 Å². The Balaban J connectivity index is 2.04. The highest BCUT2D eigenvalue weighted by molar-refractivity contribution is 6.74. The van der Waals surface area contributed by atoms with Crippen LogP contribution in [0.1, 0.15) is 50.7 Å². The zero-order valence-electron chi connectivity index (χ0n) is 19.7. The second-order valence-electron chi connectivity index (χ2n) is 9.34. The second kappa shape index (κ2) is 10.3. The van der Waals surface area contributed by atoms with Crippen LogP contribution in [0.25, 0.3) is 0 Å². The maximum Gasteiger partial charge on any atom is 0.405 e. The van der Waals surface area contributed by atoms with E-state index in [1.807, 2.05) is 36.2 Å². The fourth-order valence-electron chi connectivity index (χ4n) is 2.78. The van der Waals surface area contributed by atoms with Gasteiger partial charge in [-0.1, -0.05) is 57.1 Å². The Morgan fingerprint density at radius 3 is 2.42 bits per heavy atom. The van der Waals surface area contributed by atoms with E-state index in [4.69, 9.17) is 8.95 Å². The van der Waals surface area contributed by atoms with E-state index in [0.29, 0.717) is 31.4 Å². The average molecular weight is 449 g/mol. The third kappa shape index (κ3) is 7.07. The van der Waals surface area contributed by atoms with E-state index in [2.05, 4.69) is 56.2 Å². The molecule has 8 nitrogen and oxygen atoms in total. The third-order valence-corrected chi connectivity index (χ3v) is 10.5. The van der Waals surface area contributed by atoms with Crippen molar-refractivity contribution in [1.82, 2.24) is 15.5 Å². The molecule has 1 amide bonds. The van der Waals surface area contributed by atoms with Crippen molar-refractivity contribution in [1.29, 1.82) is 0 Å². The van der Waals surface area contributed by atoms with E-state index in [-0.39, 0.29) is 5.04 Å². The van der Waals surface area contributed by atoms with Crippen LogP contribution in [0.15, 0.2) is 28.8 Å². The second-order valence-corrected chi connectivity index (χ2v) is 14.2. The predicted octanol–water partition coefficient (Wildman–Crippen LogP) is 4.64. The smallest absolute Gasteiger partial charge is 0.405 e. The predicted molar refractivity (Wildman–Crippen MR) is 124 cm³/mol. The van der Waals surface area contributed by atoms with Crippen LogP contribution in [0.5, 0.6) is 0 Å². The lowest BCUT2D eigenvalue weighted by Crippen LogP contribution is -2.42. The molecule has 2 aromatic rings. The molecule has 0 unspecified atom stereocenters. The molecule has 0 aliphatic rings. The molecule has 0 spiro atoms. The van der Waals surface area contributed by atoms with Crippen molar-refractivity contribution in [2.75, 3.05) is 25.1 Å². The van der Waals surface area contributed by atoms with Gasteiger partial charge in [0, 0.05) is 20.0 Å². The summed E-state index contributed by atoms with van der Waals surface area (Å²) in [7, 11) is 0.0340. The lowest BCUT2D eigenvalue weighted by molar-refractivity contribution is 0.189. The molecule has 1 atom stereocenters. The highest BCUT2D eigenvalue weighted by Crippen LogP contribution is 2.36. The molecule has 1 aromatic heterocycles. The summed E-state index contributed by atoms with van der Waals surface area (Å²) in [5.74, 6) is 0.314. The molecule has 0 saturated carbocycles. The number of nitrogens with zero attached hydrogens (tertiary/aromatic N) is 3. The molecule has 0 fully saturated rings. The topological polar surface area (TPSA) is 101 Å². The lowest BCUT2D eigenvalue weighted by Gasteiger charge is -2.36. The van der Waals surface area contributed by atoms with Crippen LogP contribution >= 0.6 is 0 Å². The number of rotatable bonds is 10. The number of carboxylic acid groups (broad SMARTS) is 1. The fraction of sp³-hybridized carbons (Fsp3) is 0.591. The Morgan fingerprint density at radius 1 is 1.26 bits per heavy atom. The van der Waals surface area contributed by atoms with Gasteiger partial charge in [-0.3, -0.25) is 0 Å². The van der Waals surface area contributed by atoms with Gasteiger partial charge in [0.1, 0.15) is 0 Å². The van der Waals surface area contributed by atoms with Crippen molar-refractivity contribution in [2.24, 2.45) is 0 Å².